The minimum atomic E-state index is -5.63. The first-order chi connectivity index (χ1) is 15.8. The molecule has 2 aromatic rings. The zero-order valence-electron chi connectivity index (χ0n) is 17.2. The fourth-order valence-electron chi connectivity index (χ4n) is 3.05. The van der Waals surface area contributed by atoms with Gasteiger partial charge in [0.05, 0.1) is 18.1 Å². The van der Waals surface area contributed by atoms with Crippen molar-refractivity contribution >= 4 is 61.9 Å². The molecule has 3 unspecified atom stereocenters. The highest BCUT2D eigenvalue weighted by Gasteiger charge is 2.43. The van der Waals surface area contributed by atoms with Crippen molar-refractivity contribution in [3.63, 3.8) is 0 Å². The van der Waals surface area contributed by atoms with Crippen molar-refractivity contribution < 1.29 is 55.9 Å². The second-order valence-corrected chi connectivity index (χ2v) is 13.5. The van der Waals surface area contributed by atoms with Gasteiger partial charge in [0.1, 0.15) is 36.1 Å². The fraction of sp³-hybridized carbons (Fsp3) is 0.538. The monoisotopic (exact) mass is 582 g/mol. The molecule has 0 radical (unpaired) electrons. The topological polar surface area (TPSA) is 235 Å². The molecule has 3 heterocycles. The van der Waals surface area contributed by atoms with Gasteiger partial charge in [0.15, 0.2) is 0 Å². The molecule has 1 fully saturated rings. The quantitative estimate of drug-likeness (QED) is 0.104. The second-order valence-electron chi connectivity index (χ2n) is 6.58. The van der Waals surface area contributed by atoms with Crippen LogP contribution in [0, 0.1) is 0 Å². The molecule has 0 aliphatic carbocycles. The van der Waals surface area contributed by atoms with E-state index in [2.05, 4.69) is 18.6 Å². The Morgan fingerprint density at radius 2 is 1.94 bits per heavy atom. The zero-order valence-corrected chi connectivity index (χ0v) is 21.5. The lowest BCUT2D eigenvalue weighted by Gasteiger charge is -2.21. The van der Waals surface area contributed by atoms with E-state index in [-0.39, 0.29) is 18.2 Å². The lowest BCUT2D eigenvalue weighted by molar-refractivity contribution is -0.0520. The van der Waals surface area contributed by atoms with Gasteiger partial charge in [-0.15, -0.1) is 0 Å². The largest absolute Gasteiger partial charge is 0.490 e. The van der Waals surface area contributed by atoms with E-state index in [0.29, 0.717) is 11.0 Å². The van der Waals surface area contributed by atoms with Gasteiger partial charge in [-0.3, -0.25) is 4.52 Å². The molecule has 1 aliphatic rings. The number of anilines is 1. The minimum absolute atomic E-state index is 0.259. The van der Waals surface area contributed by atoms with Gasteiger partial charge in [0, 0.05) is 12.6 Å². The van der Waals surface area contributed by atoms with Crippen molar-refractivity contribution in [1.29, 1.82) is 0 Å². The highest BCUT2D eigenvalue weighted by molar-refractivity contribution is 8.76. The van der Waals surface area contributed by atoms with Crippen LogP contribution in [0.4, 0.5) is 5.82 Å². The van der Waals surface area contributed by atoms with Crippen LogP contribution in [-0.2, 0) is 36.3 Å². The Kier molecular flexibility index (Phi) is 9.26. The first-order valence-electron chi connectivity index (χ1n) is 9.08. The number of aromatic nitrogens is 3. The van der Waals surface area contributed by atoms with E-state index >= 15 is 0 Å². The Bertz CT molecular complexity index is 1150. The molecule has 34 heavy (non-hydrogen) atoms. The molecule has 0 saturated carbocycles. The number of rotatable bonds is 12. The smallest absolute Gasteiger partial charge is 0.383 e. The van der Waals surface area contributed by atoms with Gasteiger partial charge < -0.3 is 39.3 Å². The summed E-state index contributed by atoms with van der Waals surface area (Å²) in [5.41, 5.74) is 6.35. The maximum atomic E-state index is 12.1. The van der Waals surface area contributed by atoms with Gasteiger partial charge in [-0.1, -0.05) is 21.6 Å². The average Bonchev–Trinajstić information content (AvgIpc) is 3.28. The Morgan fingerprint density at radius 1 is 1.21 bits per heavy atom. The Balaban J connectivity index is 1.71. The highest BCUT2D eigenvalue weighted by Crippen LogP contribution is 2.66. The van der Waals surface area contributed by atoms with Crippen LogP contribution < -0.4 is 5.73 Å². The number of hydrogen-bond acceptors (Lipinski definition) is 13. The Hall–Kier alpha value is -0.550. The van der Waals surface area contributed by atoms with E-state index in [1.807, 2.05) is 6.26 Å². The summed E-state index contributed by atoms with van der Waals surface area (Å²) >= 11 is 0. The van der Waals surface area contributed by atoms with Gasteiger partial charge in [-0.2, -0.15) is 8.62 Å². The summed E-state index contributed by atoms with van der Waals surface area (Å²) < 4.78 is 59.8. The van der Waals surface area contributed by atoms with E-state index in [1.54, 1.807) is 16.8 Å². The van der Waals surface area contributed by atoms with Crippen LogP contribution in [0.15, 0.2) is 18.6 Å². The van der Waals surface area contributed by atoms with Crippen LogP contribution in [-0.4, -0.2) is 65.1 Å². The molecular formula is C13H21N4O12P3S2. The molecule has 1 saturated heterocycles. The predicted octanol–water partition coefficient (Wildman–Crippen LogP) is 2.00. The summed E-state index contributed by atoms with van der Waals surface area (Å²) in [6.45, 7) is -0.634. The number of phosphoric acid groups is 3. The van der Waals surface area contributed by atoms with Gasteiger partial charge in [0.25, 0.3) is 0 Å². The van der Waals surface area contributed by atoms with Gasteiger partial charge in [-0.25, -0.2) is 23.7 Å². The average molecular weight is 582 g/mol. The molecule has 0 aromatic carbocycles. The second kappa shape index (κ2) is 11.2. The number of ether oxygens (including phenoxy) is 2. The molecule has 21 heteroatoms. The first-order valence-corrected chi connectivity index (χ1v) is 16.3. The van der Waals surface area contributed by atoms with E-state index in [9.17, 15) is 23.5 Å². The normalized spacial score (nSPS) is 24.8. The maximum absolute atomic E-state index is 12.1. The number of fused-ring (bicyclic) bond motifs is 1. The molecule has 5 atom stereocenters. The molecule has 0 spiro atoms. The summed E-state index contributed by atoms with van der Waals surface area (Å²) in [5.74, 6) is 0.532. The van der Waals surface area contributed by atoms with E-state index < -0.39 is 48.5 Å². The van der Waals surface area contributed by atoms with Crippen LogP contribution in [0.3, 0.4) is 0 Å². The van der Waals surface area contributed by atoms with Crippen molar-refractivity contribution in [2.45, 2.75) is 24.9 Å². The standard InChI is InChI=1S/C13H21N4O12P3S2/c1-33-34-7-25-9-4-11(17-3-2-8-12(14)15-6-16-13(8)17)27-10(9)5-26-31(21,22)29-32(23,24)28-30(18,19)20/h2-3,6,9-11H,4-5,7H2,1H3,(H,21,22)(H,23,24)(H2,14,15,16)(H2,18,19,20)/t9?,10-,11-/m1/s1. The van der Waals surface area contributed by atoms with Crippen LogP contribution >= 0.6 is 45.1 Å². The number of nitrogens with two attached hydrogens (primary N) is 1. The number of hydrogen-bond donors (Lipinski definition) is 5. The SMILES string of the molecule is CSSCOC1C[C@H](n2ccc3c(N)ncnc32)O[C@@H]1COP(=O)(O)OP(=O)(O)OP(=O)(O)O. The summed E-state index contributed by atoms with van der Waals surface area (Å²) in [5, 5.41) is 0.596. The molecular weight excluding hydrogens is 561 g/mol. The van der Waals surface area contributed by atoms with Crippen LogP contribution in [0.5, 0.6) is 0 Å². The Morgan fingerprint density at radius 3 is 2.62 bits per heavy atom. The summed E-state index contributed by atoms with van der Waals surface area (Å²) in [7, 11) is -13.6. The molecule has 16 nitrogen and oxygen atoms in total. The third-order valence-electron chi connectivity index (χ3n) is 4.30. The van der Waals surface area contributed by atoms with Crippen molar-refractivity contribution in [3.8, 4) is 0 Å². The maximum Gasteiger partial charge on any atom is 0.490 e. The Labute approximate surface area is 200 Å². The van der Waals surface area contributed by atoms with Crippen LogP contribution in [0.25, 0.3) is 11.0 Å². The van der Waals surface area contributed by atoms with E-state index in [0.717, 1.165) is 0 Å². The first kappa shape index (κ1) is 28.0. The van der Waals surface area contributed by atoms with Crippen molar-refractivity contribution in [2.75, 3.05) is 24.5 Å². The van der Waals surface area contributed by atoms with Crippen molar-refractivity contribution in [1.82, 2.24) is 14.5 Å². The molecule has 0 amide bonds. The zero-order chi connectivity index (χ0) is 25.1. The molecule has 2 aromatic heterocycles. The molecule has 192 valence electrons. The fourth-order valence-corrected chi connectivity index (χ4v) is 6.87. The molecule has 0 bridgehead atoms. The van der Waals surface area contributed by atoms with Crippen LogP contribution in [0.2, 0.25) is 0 Å². The van der Waals surface area contributed by atoms with Crippen molar-refractivity contribution in [3.05, 3.63) is 18.6 Å². The minimum Gasteiger partial charge on any atom is -0.383 e. The van der Waals surface area contributed by atoms with Crippen LogP contribution in [0.1, 0.15) is 12.6 Å². The lowest BCUT2D eigenvalue weighted by atomic mass is 10.2. The summed E-state index contributed by atoms with van der Waals surface area (Å²) in [6, 6.07) is 1.70. The summed E-state index contributed by atoms with van der Waals surface area (Å²) in [6.07, 6.45) is 2.91. The highest BCUT2D eigenvalue weighted by atomic mass is 33.1. The third kappa shape index (κ3) is 7.72. The third-order valence-corrected chi connectivity index (χ3v) is 9.56. The number of nitrogen functional groups attached to an aromatic ring is 1. The van der Waals surface area contributed by atoms with E-state index in [1.165, 1.54) is 27.9 Å². The molecule has 6 N–H and O–H groups in total. The predicted molar refractivity (Wildman–Crippen MR) is 121 cm³/mol. The summed E-state index contributed by atoms with van der Waals surface area (Å²) in [4.78, 5) is 44.4. The van der Waals surface area contributed by atoms with Crippen molar-refractivity contribution in [2.24, 2.45) is 0 Å². The van der Waals surface area contributed by atoms with Gasteiger partial charge in [0.2, 0.25) is 0 Å². The molecule has 3 rings (SSSR count). The molecule has 1 aliphatic heterocycles. The van der Waals surface area contributed by atoms with E-state index in [4.69, 9.17) is 29.5 Å². The van der Waals surface area contributed by atoms with Gasteiger partial charge in [-0.05, 0) is 12.3 Å². The van der Waals surface area contributed by atoms with Gasteiger partial charge >= 0.3 is 23.5 Å². The number of nitrogens with zero attached hydrogens (tertiary/aromatic N) is 3. The lowest BCUT2D eigenvalue weighted by Crippen LogP contribution is -2.28. The number of phosphoric ester groups is 1.